The third-order valence-electron chi connectivity index (χ3n) is 2.98. The van der Waals surface area contributed by atoms with Gasteiger partial charge < -0.3 is 10.2 Å². The highest BCUT2D eigenvalue weighted by Gasteiger charge is 2.27. The van der Waals surface area contributed by atoms with Gasteiger partial charge in [-0.25, -0.2) is 0 Å². The van der Waals surface area contributed by atoms with Gasteiger partial charge in [0.25, 0.3) is 0 Å². The number of aliphatic carboxylic acids is 2. The minimum Gasteiger partial charge on any atom is -0.480 e. The third kappa shape index (κ3) is 5.71. The lowest BCUT2D eigenvalue weighted by molar-refractivity contribution is -0.146. The molecule has 5 nitrogen and oxygen atoms in total. The van der Waals surface area contributed by atoms with Crippen molar-refractivity contribution in [2.75, 3.05) is 13.1 Å². The molecule has 1 rings (SSSR count). The Hall–Kier alpha value is -1.40. The fourth-order valence-electron chi connectivity index (χ4n) is 2.08. The van der Waals surface area contributed by atoms with Crippen LogP contribution in [-0.4, -0.2) is 46.2 Å². The van der Waals surface area contributed by atoms with Crippen molar-refractivity contribution in [3.63, 3.8) is 0 Å². The summed E-state index contributed by atoms with van der Waals surface area (Å²) >= 11 is 1.60. The van der Waals surface area contributed by atoms with Gasteiger partial charge in [-0.05, 0) is 30.2 Å². The van der Waals surface area contributed by atoms with Crippen LogP contribution in [0.5, 0.6) is 0 Å². The molecule has 0 spiro atoms. The minimum atomic E-state index is -0.994. The Morgan fingerprint density at radius 1 is 1.35 bits per heavy atom. The van der Waals surface area contributed by atoms with Crippen LogP contribution in [-0.2, 0) is 16.0 Å². The SMILES string of the molecule is CC(C)CC(C(=O)O)N(CCc1cccs1)CC(=O)O. The van der Waals surface area contributed by atoms with Crippen molar-refractivity contribution in [3.8, 4) is 0 Å². The predicted molar refractivity (Wildman–Crippen MR) is 78.1 cm³/mol. The molecule has 0 aromatic carbocycles. The normalized spacial score (nSPS) is 12.8. The predicted octanol–water partition coefficient (Wildman–Crippen LogP) is 2.18. The molecule has 0 bridgehead atoms. The maximum Gasteiger partial charge on any atom is 0.320 e. The molecule has 1 aromatic rings. The van der Waals surface area contributed by atoms with Crippen molar-refractivity contribution in [2.45, 2.75) is 32.7 Å². The van der Waals surface area contributed by atoms with Gasteiger partial charge in [-0.3, -0.25) is 14.5 Å². The van der Waals surface area contributed by atoms with Crippen molar-refractivity contribution in [1.82, 2.24) is 4.90 Å². The smallest absolute Gasteiger partial charge is 0.320 e. The molecular formula is C14H21NO4S. The van der Waals surface area contributed by atoms with Crippen LogP contribution in [0.3, 0.4) is 0 Å². The number of thiophene rings is 1. The molecule has 0 saturated heterocycles. The number of carbonyl (C=O) groups is 2. The molecule has 0 radical (unpaired) electrons. The molecule has 1 heterocycles. The maximum atomic E-state index is 11.4. The molecule has 0 aliphatic rings. The first kappa shape index (κ1) is 16.7. The first-order valence-corrected chi connectivity index (χ1v) is 7.49. The molecule has 0 aliphatic heterocycles. The van der Waals surface area contributed by atoms with Gasteiger partial charge in [0.05, 0.1) is 6.54 Å². The molecule has 0 aliphatic carbocycles. The molecule has 1 unspecified atom stereocenters. The van der Waals surface area contributed by atoms with Gasteiger partial charge in [-0.2, -0.15) is 0 Å². The van der Waals surface area contributed by atoms with E-state index in [9.17, 15) is 14.7 Å². The average Bonchev–Trinajstić information content (AvgIpc) is 2.83. The molecule has 20 heavy (non-hydrogen) atoms. The highest BCUT2D eigenvalue weighted by atomic mass is 32.1. The zero-order chi connectivity index (χ0) is 15.1. The van der Waals surface area contributed by atoms with Crippen molar-refractivity contribution in [1.29, 1.82) is 0 Å². The van der Waals surface area contributed by atoms with E-state index in [1.807, 2.05) is 31.4 Å². The Kier molecular flexibility index (Phi) is 6.67. The number of carboxylic acids is 2. The van der Waals surface area contributed by atoms with Crippen molar-refractivity contribution in [3.05, 3.63) is 22.4 Å². The van der Waals surface area contributed by atoms with E-state index >= 15 is 0 Å². The molecule has 0 amide bonds. The van der Waals surface area contributed by atoms with Gasteiger partial charge in [-0.1, -0.05) is 19.9 Å². The number of hydrogen-bond acceptors (Lipinski definition) is 4. The van der Waals surface area contributed by atoms with E-state index in [1.54, 1.807) is 16.2 Å². The van der Waals surface area contributed by atoms with Crippen LogP contribution in [0.2, 0.25) is 0 Å². The third-order valence-corrected chi connectivity index (χ3v) is 3.92. The largest absolute Gasteiger partial charge is 0.480 e. The van der Waals surface area contributed by atoms with E-state index in [0.29, 0.717) is 19.4 Å². The van der Waals surface area contributed by atoms with Crippen LogP contribution in [0.4, 0.5) is 0 Å². The number of nitrogens with zero attached hydrogens (tertiary/aromatic N) is 1. The van der Waals surface area contributed by atoms with Gasteiger partial charge in [0.15, 0.2) is 0 Å². The quantitative estimate of drug-likeness (QED) is 0.730. The Morgan fingerprint density at radius 3 is 2.50 bits per heavy atom. The van der Waals surface area contributed by atoms with Gasteiger partial charge in [0.1, 0.15) is 6.04 Å². The number of rotatable bonds is 9. The van der Waals surface area contributed by atoms with E-state index in [-0.39, 0.29) is 12.5 Å². The topological polar surface area (TPSA) is 77.8 Å². The summed E-state index contributed by atoms with van der Waals surface area (Å²) in [5.74, 6) is -1.74. The summed E-state index contributed by atoms with van der Waals surface area (Å²) < 4.78 is 0. The molecule has 2 N–H and O–H groups in total. The standard InChI is InChI=1S/C14H21NO4S/c1-10(2)8-12(14(18)19)15(9-13(16)17)6-5-11-4-3-7-20-11/h3-4,7,10,12H,5-6,8-9H2,1-2H3,(H,16,17)(H,18,19). The van der Waals surface area contributed by atoms with Gasteiger partial charge in [-0.15, -0.1) is 11.3 Å². The monoisotopic (exact) mass is 299 g/mol. The molecular weight excluding hydrogens is 278 g/mol. The second-order valence-electron chi connectivity index (χ2n) is 5.18. The second kappa shape index (κ2) is 8.01. The van der Waals surface area contributed by atoms with Gasteiger partial charge in [0.2, 0.25) is 0 Å². The zero-order valence-corrected chi connectivity index (χ0v) is 12.6. The maximum absolute atomic E-state index is 11.4. The van der Waals surface area contributed by atoms with Crippen LogP contribution in [0.25, 0.3) is 0 Å². The summed E-state index contributed by atoms with van der Waals surface area (Å²) in [6.07, 6.45) is 1.12. The van der Waals surface area contributed by atoms with Crippen molar-refractivity contribution >= 4 is 23.3 Å². The first-order valence-electron chi connectivity index (χ1n) is 6.61. The highest BCUT2D eigenvalue weighted by Crippen LogP contribution is 2.15. The highest BCUT2D eigenvalue weighted by molar-refractivity contribution is 7.09. The Bertz CT molecular complexity index is 430. The fraction of sp³-hybridized carbons (Fsp3) is 0.571. The summed E-state index contributed by atoms with van der Waals surface area (Å²) in [7, 11) is 0. The van der Waals surface area contributed by atoms with E-state index in [4.69, 9.17) is 5.11 Å². The van der Waals surface area contributed by atoms with Crippen molar-refractivity contribution < 1.29 is 19.8 Å². The zero-order valence-electron chi connectivity index (χ0n) is 11.8. The van der Waals surface area contributed by atoms with Crippen LogP contribution in [0.1, 0.15) is 25.1 Å². The molecule has 1 aromatic heterocycles. The molecule has 112 valence electrons. The van der Waals surface area contributed by atoms with E-state index < -0.39 is 18.0 Å². The lowest BCUT2D eigenvalue weighted by Crippen LogP contribution is -2.45. The van der Waals surface area contributed by atoms with E-state index in [0.717, 1.165) is 4.88 Å². The Morgan fingerprint density at radius 2 is 2.05 bits per heavy atom. The number of hydrogen-bond donors (Lipinski definition) is 2. The van der Waals surface area contributed by atoms with Gasteiger partial charge in [0, 0.05) is 11.4 Å². The lowest BCUT2D eigenvalue weighted by Gasteiger charge is -2.28. The second-order valence-corrected chi connectivity index (χ2v) is 6.21. The van der Waals surface area contributed by atoms with E-state index in [1.165, 1.54) is 0 Å². The molecule has 1 atom stereocenters. The van der Waals surface area contributed by atoms with Crippen LogP contribution >= 0.6 is 11.3 Å². The summed E-state index contributed by atoms with van der Waals surface area (Å²) in [4.78, 5) is 25.0. The van der Waals surface area contributed by atoms with Gasteiger partial charge >= 0.3 is 11.9 Å². The average molecular weight is 299 g/mol. The Balaban J connectivity index is 2.73. The summed E-state index contributed by atoms with van der Waals surface area (Å²) in [5, 5.41) is 20.3. The van der Waals surface area contributed by atoms with Crippen LogP contribution in [0.15, 0.2) is 17.5 Å². The first-order chi connectivity index (χ1) is 9.40. The minimum absolute atomic E-state index is 0.203. The van der Waals surface area contributed by atoms with Crippen molar-refractivity contribution in [2.24, 2.45) is 5.92 Å². The summed E-state index contributed by atoms with van der Waals surface area (Å²) in [5.41, 5.74) is 0. The van der Waals surface area contributed by atoms with Crippen LogP contribution < -0.4 is 0 Å². The number of carboxylic acid groups (broad SMARTS) is 2. The molecule has 0 saturated carbocycles. The molecule has 0 fully saturated rings. The fourth-order valence-corrected chi connectivity index (χ4v) is 2.78. The molecule has 6 heteroatoms. The lowest BCUT2D eigenvalue weighted by atomic mass is 10.0. The summed E-state index contributed by atoms with van der Waals surface area (Å²) in [6, 6.07) is 3.16. The van der Waals surface area contributed by atoms with E-state index in [2.05, 4.69) is 0 Å². The Labute approximate surface area is 122 Å². The summed E-state index contributed by atoms with van der Waals surface area (Å²) in [6.45, 7) is 4.08. The van der Waals surface area contributed by atoms with Crippen LogP contribution in [0, 0.1) is 5.92 Å².